The van der Waals surface area contributed by atoms with Crippen molar-refractivity contribution in [3.05, 3.63) is 0 Å². The highest BCUT2D eigenvalue weighted by atomic mass is 32.2. The molecule has 6 nitrogen and oxygen atoms in total. The number of nitrogens with zero attached hydrogens (tertiary/aromatic N) is 1. The zero-order chi connectivity index (χ0) is 13.9. The fourth-order valence-corrected chi connectivity index (χ4v) is 4.15. The van der Waals surface area contributed by atoms with E-state index in [-0.39, 0.29) is 31.1 Å². The summed E-state index contributed by atoms with van der Waals surface area (Å²) >= 11 is 0. The summed E-state index contributed by atoms with van der Waals surface area (Å²) < 4.78 is 36.2. The summed E-state index contributed by atoms with van der Waals surface area (Å²) in [5.74, 6) is -0.506. The van der Waals surface area contributed by atoms with Gasteiger partial charge in [-0.25, -0.2) is 8.42 Å². The van der Waals surface area contributed by atoms with Crippen LogP contribution in [-0.4, -0.2) is 56.3 Å². The largest absolute Gasteiger partial charge is 0.465 e. The molecule has 2 rings (SSSR count). The molecule has 0 aromatic heterocycles. The maximum atomic E-state index is 12.3. The van der Waals surface area contributed by atoms with Gasteiger partial charge in [0.15, 0.2) is 0 Å². The number of rotatable bonds is 7. The minimum atomic E-state index is -3.45. The van der Waals surface area contributed by atoms with Gasteiger partial charge in [0.25, 0.3) is 0 Å². The van der Waals surface area contributed by atoms with Crippen molar-refractivity contribution in [1.82, 2.24) is 4.31 Å². The fourth-order valence-electron chi connectivity index (χ4n) is 2.26. The molecule has 1 atom stereocenters. The summed E-state index contributed by atoms with van der Waals surface area (Å²) in [6.45, 7) is 2.43. The maximum absolute atomic E-state index is 12.3. The van der Waals surface area contributed by atoms with E-state index in [0.29, 0.717) is 6.61 Å². The lowest BCUT2D eigenvalue weighted by Crippen LogP contribution is -2.41. The average molecular weight is 291 g/mol. The van der Waals surface area contributed by atoms with Gasteiger partial charge in [-0.2, -0.15) is 4.31 Å². The van der Waals surface area contributed by atoms with Crippen molar-refractivity contribution in [1.29, 1.82) is 0 Å². The number of carbonyl (C=O) groups excluding carboxylic acids is 1. The van der Waals surface area contributed by atoms with Crippen LogP contribution in [0.2, 0.25) is 0 Å². The molecule has 0 N–H and O–H groups in total. The Morgan fingerprint density at radius 1 is 1.37 bits per heavy atom. The standard InChI is InChI=1S/C12H21NO5S/c1-2-17-12(14)8-13(10-5-6-10)19(15,16)9-11-4-3-7-18-11/h10-11H,2-9H2,1H3. The zero-order valence-corrected chi connectivity index (χ0v) is 12.0. The van der Waals surface area contributed by atoms with Gasteiger partial charge in [-0.1, -0.05) is 0 Å². The lowest BCUT2D eigenvalue weighted by atomic mass is 10.3. The molecule has 0 aromatic carbocycles. The molecule has 2 aliphatic rings. The quantitative estimate of drug-likeness (QED) is 0.640. The predicted molar refractivity (Wildman–Crippen MR) is 69.1 cm³/mol. The molecule has 0 amide bonds. The third-order valence-corrected chi connectivity index (χ3v) is 5.26. The van der Waals surface area contributed by atoms with E-state index >= 15 is 0 Å². The lowest BCUT2D eigenvalue weighted by molar-refractivity contribution is -0.143. The molecule has 1 saturated heterocycles. The number of esters is 1. The predicted octanol–water partition coefficient (Wildman–Crippen LogP) is 0.523. The third-order valence-electron chi connectivity index (χ3n) is 3.32. The van der Waals surface area contributed by atoms with E-state index in [4.69, 9.17) is 9.47 Å². The highest BCUT2D eigenvalue weighted by Crippen LogP contribution is 2.30. The van der Waals surface area contributed by atoms with Crippen LogP contribution < -0.4 is 0 Å². The summed E-state index contributed by atoms with van der Waals surface area (Å²) in [4.78, 5) is 11.5. The van der Waals surface area contributed by atoms with E-state index in [2.05, 4.69) is 0 Å². The van der Waals surface area contributed by atoms with Crippen LogP contribution in [0, 0.1) is 0 Å². The molecule has 2 fully saturated rings. The van der Waals surface area contributed by atoms with Crippen LogP contribution in [0.1, 0.15) is 32.6 Å². The molecular weight excluding hydrogens is 270 g/mol. The van der Waals surface area contributed by atoms with Crippen LogP contribution in [0.5, 0.6) is 0 Å². The van der Waals surface area contributed by atoms with Crippen LogP contribution in [0.4, 0.5) is 0 Å². The molecule has 7 heteroatoms. The van der Waals surface area contributed by atoms with Gasteiger partial charge < -0.3 is 9.47 Å². The summed E-state index contributed by atoms with van der Waals surface area (Å²) in [5.41, 5.74) is 0. The number of carbonyl (C=O) groups is 1. The second-order valence-electron chi connectivity index (χ2n) is 5.00. The Hall–Kier alpha value is -0.660. The second kappa shape index (κ2) is 6.19. The Morgan fingerprint density at radius 3 is 2.63 bits per heavy atom. The molecule has 1 saturated carbocycles. The van der Waals surface area contributed by atoms with Crippen molar-refractivity contribution >= 4 is 16.0 Å². The van der Waals surface area contributed by atoms with Gasteiger partial charge in [-0.3, -0.25) is 4.79 Å². The summed E-state index contributed by atoms with van der Waals surface area (Å²) in [6, 6.07) is -0.0317. The average Bonchev–Trinajstić information content (AvgIpc) is 3.05. The highest BCUT2D eigenvalue weighted by Gasteiger charge is 2.40. The van der Waals surface area contributed by atoms with Gasteiger partial charge in [0.2, 0.25) is 10.0 Å². The molecular formula is C12H21NO5S. The van der Waals surface area contributed by atoms with Crippen molar-refractivity contribution < 1.29 is 22.7 Å². The molecule has 0 aromatic rings. The lowest BCUT2D eigenvalue weighted by Gasteiger charge is -2.22. The van der Waals surface area contributed by atoms with E-state index in [1.807, 2.05) is 0 Å². The molecule has 0 spiro atoms. The van der Waals surface area contributed by atoms with Gasteiger partial charge in [0, 0.05) is 12.6 Å². The second-order valence-corrected chi connectivity index (χ2v) is 6.96. The summed E-state index contributed by atoms with van der Waals surface area (Å²) in [7, 11) is -3.45. The molecule has 1 aliphatic heterocycles. The number of ether oxygens (including phenoxy) is 2. The monoisotopic (exact) mass is 291 g/mol. The van der Waals surface area contributed by atoms with Crippen molar-refractivity contribution in [2.75, 3.05) is 25.5 Å². The zero-order valence-electron chi connectivity index (χ0n) is 11.2. The SMILES string of the molecule is CCOC(=O)CN(C1CC1)S(=O)(=O)CC1CCCO1. The van der Waals surface area contributed by atoms with Crippen molar-refractivity contribution in [3.8, 4) is 0 Å². The Labute approximate surface area is 114 Å². The minimum Gasteiger partial charge on any atom is -0.465 e. The Balaban J connectivity index is 1.98. The smallest absolute Gasteiger partial charge is 0.321 e. The number of sulfonamides is 1. The van der Waals surface area contributed by atoms with Gasteiger partial charge in [-0.05, 0) is 32.6 Å². The Kier molecular flexibility index (Phi) is 4.81. The molecule has 110 valence electrons. The van der Waals surface area contributed by atoms with Crippen LogP contribution in [0.3, 0.4) is 0 Å². The van der Waals surface area contributed by atoms with Crippen molar-refractivity contribution in [2.45, 2.75) is 44.8 Å². The molecule has 1 heterocycles. The summed E-state index contributed by atoms with van der Waals surface area (Å²) in [5, 5.41) is 0. The first-order valence-corrected chi connectivity index (χ1v) is 8.40. The van der Waals surface area contributed by atoms with E-state index < -0.39 is 16.0 Å². The van der Waals surface area contributed by atoms with E-state index in [1.165, 1.54) is 4.31 Å². The first-order valence-electron chi connectivity index (χ1n) is 6.79. The molecule has 1 unspecified atom stereocenters. The highest BCUT2D eigenvalue weighted by molar-refractivity contribution is 7.89. The molecule has 19 heavy (non-hydrogen) atoms. The topological polar surface area (TPSA) is 72.9 Å². The van der Waals surface area contributed by atoms with Gasteiger partial charge in [-0.15, -0.1) is 0 Å². The van der Waals surface area contributed by atoms with Gasteiger partial charge >= 0.3 is 5.97 Å². The fraction of sp³-hybridized carbons (Fsp3) is 0.917. The molecule has 0 bridgehead atoms. The third kappa shape index (κ3) is 4.15. The first kappa shape index (κ1) is 14.7. The van der Waals surface area contributed by atoms with E-state index in [9.17, 15) is 13.2 Å². The van der Waals surface area contributed by atoms with E-state index in [1.54, 1.807) is 6.92 Å². The first-order chi connectivity index (χ1) is 9.03. The maximum Gasteiger partial charge on any atom is 0.321 e. The molecule has 1 aliphatic carbocycles. The Morgan fingerprint density at radius 2 is 2.11 bits per heavy atom. The van der Waals surface area contributed by atoms with Crippen molar-refractivity contribution in [3.63, 3.8) is 0 Å². The van der Waals surface area contributed by atoms with Crippen molar-refractivity contribution in [2.24, 2.45) is 0 Å². The van der Waals surface area contributed by atoms with Gasteiger partial charge in [0.05, 0.1) is 18.5 Å². The van der Waals surface area contributed by atoms with Crippen LogP contribution in [0.15, 0.2) is 0 Å². The summed E-state index contributed by atoms with van der Waals surface area (Å²) in [6.07, 6.45) is 3.10. The minimum absolute atomic E-state index is 0.0249. The van der Waals surface area contributed by atoms with Gasteiger partial charge in [0.1, 0.15) is 6.54 Å². The molecule has 0 radical (unpaired) electrons. The number of hydrogen-bond acceptors (Lipinski definition) is 5. The van der Waals surface area contributed by atoms with Crippen LogP contribution in [0.25, 0.3) is 0 Å². The van der Waals surface area contributed by atoms with Crippen LogP contribution in [-0.2, 0) is 24.3 Å². The Bertz CT molecular complexity index is 412. The van der Waals surface area contributed by atoms with Crippen LogP contribution >= 0.6 is 0 Å². The number of hydrogen-bond donors (Lipinski definition) is 0. The normalized spacial score (nSPS) is 23.8. The van der Waals surface area contributed by atoms with E-state index in [0.717, 1.165) is 25.7 Å².